The van der Waals surface area contributed by atoms with E-state index in [1.807, 2.05) is 12.1 Å². The maximum Gasteiger partial charge on any atom is 0.253 e. The molecule has 0 aliphatic carbocycles. The van der Waals surface area contributed by atoms with Gasteiger partial charge in [0.2, 0.25) is 0 Å². The lowest BCUT2D eigenvalue weighted by Gasteiger charge is -2.19. The molecule has 0 bridgehead atoms. The molecule has 1 saturated heterocycles. The van der Waals surface area contributed by atoms with Crippen molar-refractivity contribution in [2.45, 2.75) is 19.4 Å². The van der Waals surface area contributed by atoms with Gasteiger partial charge in [0.25, 0.3) is 5.91 Å². The average molecular weight is 207 g/mol. The lowest BCUT2D eigenvalue weighted by atomic mass is 10.1. The van der Waals surface area contributed by atoms with Crippen LogP contribution in [0, 0.1) is 0 Å². The summed E-state index contributed by atoms with van der Waals surface area (Å²) in [6.45, 7) is 2.08. The number of hydrogen-bond donors (Lipinski definition) is 1. The molecule has 0 saturated carbocycles. The highest BCUT2D eigenvalue weighted by molar-refractivity contribution is 5.93. The topological polar surface area (TPSA) is 49.8 Å². The predicted octanol–water partition coefficient (Wildman–Crippen LogP) is 1.41. The van der Waals surface area contributed by atoms with E-state index < -0.39 is 6.10 Å². The molecule has 1 fully saturated rings. The number of benzene rings is 1. The Morgan fingerprint density at radius 2 is 2.20 bits per heavy atom. The van der Waals surface area contributed by atoms with Crippen molar-refractivity contribution < 1.29 is 14.7 Å². The third kappa shape index (κ3) is 1.86. The lowest BCUT2D eigenvalue weighted by Crippen LogP contribution is -2.23. The third-order valence-corrected chi connectivity index (χ3v) is 2.37. The second kappa shape index (κ2) is 4.00. The van der Waals surface area contributed by atoms with E-state index in [-0.39, 0.29) is 5.91 Å². The molecule has 1 aromatic rings. The number of nitrogens with zero attached hydrogens (tertiary/aromatic N) is 1. The zero-order valence-corrected chi connectivity index (χ0v) is 8.51. The summed E-state index contributed by atoms with van der Waals surface area (Å²) in [4.78, 5) is 16.7. The van der Waals surface area contributed by atoms with Crippen LogP contribution in [0.25, 0.3) is 0 Å². The van der Waals surface area contributed by atoms with E-state index in [1.165, 1.54) is 5.06 Å². The highest BCUT2D eigenvalue weighted by Crippen LogP contribution is 2.28. The molecule has 0 radical (unpaired) electrons. The third-order valence-electron chi connectivity index (χ3n) is 2.37. The van der Waals surface area contributed by atoms with Crippen LogP contribution in [0.2, 0.25) is 0 Å². The van der Waals surface area contributed by atoms with Crippen molar-refractivity contribution >= 4 is 11.6 Å². The normalized spacial score (nSPS) is 18.3. The smallest absolute Gasteiger partial charge is 0.253 e. The number of hydrogen-bond acceptors (Lipinski definition) is 3. The highest BCUT2D eigenvalue weighted by Gasteiger charge is 2.26. The summed E-state index contributed by atoms with van der Waals surface area (Å²) in [6, 6.07) is 7.20. The van der Waals surface area contributed by atoms with Crippen LogP contribution in [0.1, 0.15) is 25.0 Å². The Hall–Kier alpha value is -1.39. The second-order valence-corrected chi connectivity index (χ2v) is 3.51. The standard InChI is InChI=1S/C11H13NO3/c1-8(13)9-4-2-3-5-10(9)12-11(14)6-7-15-12/h2-5,8,13H,6-7H2,1H3. The summed E-state index contributed by atoms with van der Waals surface area (Å²) in [5.41, 5.74) is 1.34. The quantitative estimate of drug-likeness (QED) is 0.797. The van der Waals surface area contributed by atoms with Crippen LogP contribution in [0.4, 0.5) is 5.69 Å². The summed E-state index contributed by atoms with van der Waals surface area (Å²) in [7, 11) is 0. The first-order chi connectivity index (χ1) is 7.20. The average Bonchev–Trinajstić information content (AvgIpc) is 2.64. The summed E-state index contributed by atoms with van der Waals surface area (Å²) in [6.07, 6.45) is -0.216. The van der Waals surface area contributed by atoms with E-state index in [4.69, 9.17) is 4.84 Å². The first-order valence-corrected chi connectivity index (χ1v) is 4.93. The Bertz CT molecular complexity index is 376. The Balaban J connectivity index is 2.38. The minimum Gasteiger partial charge on any atom is -0.389 e. The fourth-order valence-corrected chi connectivity index (χ4v) is 1.63. The number of amides is 1. The summed E-state index contributed by atoms with van der Waals surface area (Å²) < 4.78 is 0. The molecule has 1 aliphatic heterocycles. The molecule has 4 heteroatoms. The molecule has 80 valence electrons. The molecule has 0 spiro atoms. The Morgan fingerprint density at radius 3 is 2.80 bits per heavy atom. The van der Waals surface area contributed by atoms with Gasteiger partial charge in [-0.25, -0.2) is 0 Å². The molecule has 1 atom stereocenters. The van der Waals surface area contributed by atoms with E-state index in [9.17, 15) is 9.90 Å². The van der Waals surface area contributed by atoms with Crippen molar-refractivity contribution in [3.8, 4) is 0 Å². The largest absolute Gasteiger partial charge is 0.389 e. The Labute approximate surface area is 88.0 Å². The van der Waals surface area contributed by atoms with E-state index >= 15 is 0 Å². The molecule has 4 nitrogen and oxygen atoms in total. The van der Waals surface area contributed by atoms with Crippen molar-refractivity contribution in [3.63, 3.8) is 0 Å². The van der Waals surface area contributed by atoms with Gasteiger partial charge in [0.05, 0.1) is 24.8 Å². The maximum absolute atomic E-state index is 11.5. The van der Waals surface area contributed by atoms with Gasteiger partial charge in [-0.1, -0.05) is 18.2 Å². The van der Waals surface area contributed by atoms with Crippen LogP contribution in [0.3, 0.4) is 0 Å². The van der Waals surface area contributed by atoms with Gasteiger partial charge in [-0.2, -0.15) is 5.06 Å². The van der Waals surface area contributed by atoms with Gasteiger partial charge in [-0.3, -0.25) is 9.63 Å². The van der Waals surface area contributed by atoms with Crippen LogP contribution >= 0.6 is 0 Å². The minimum atomic E-state index is -0.613. The first kappa shape index (κ1) is 10.1. The molecule has 0 aromatic heterocycles. The van der Waals surface area contributed by atoms with Crippen LogP contribution in [-0.2, 0) is 9.63 Å². The van der Waals surface area contributed by atoms with Crippen LogP contribution in [-0.4, -0.2) is 17.6 Å². The Morgan fingerprint density at radius 1 is 1.47 bits per heavy atom. The molecule has 1 unspecified atom stereocenters. The summed E-state index contributed by atoms with van der Waals surface area (Å²) >= 11 is 0. The van der Waals surface area contributed by atoms with E-state index in [1.54, 1.807) is 19.1 Å². The van der Waals surface area contributed by atoms with Gasteiger partial charge in [-0.05, 0) is 13.0 Å². The van der Waals surface area contributed by atoms with Crippen molar-refractivity contribution in [3.05, 3.63) is 29.8 Å². The van der Waals surface area contributed by atoms with Crippen molar-refractivity contribution in [2.24, 2.45) is 0 Å². The fraction of sp³-hybridized carbons (Fsp3) is 0.364. The molecule has 1 amide bonds. The number of anilines is 1. The molecule has 1 aromatic carbocycles. The van der Waals surface area contributed by atoms with Gasteiger partial charge in [0.15, 0.2) is 0 Å². The number of carbonyl (C=O) groups excluding carboxylic acids is 1. The molecular formula is C11H13NO3. The number of rotatable bonds is 2. The number of para-hydroxylation sites is 1. The van der Waals surface area contributed by atoms with E-state index in [2.05, 4.69) is 0 Å². The van der Waals surface area contributed by atoms with E-state index in [0.717, 1.165) is 0 Å². The number of aliphatic hydroxyl groups is 1. The molecule has 1 aliphatic rings. The maximum atomic E-state index is 11.5. The SMILES string of the molecule is CC(O)c1ccccc1N1OCCC1=O. The van der Waals surface area contributed by atoms with E-state index in [0.29, 0.717) is 24.3 Å². The van der Waals surface area contributed by atoms with Gasteiger partial charge in [-0.15, -0.1) is 0 Å². The minimum absolute atomic E-state index is 0.0666. The molecule has 1 heterocycles. The van der Waals surface area contributed by atoms with Crippen LogP contribution < -0.4 is 5.06 Å². The Kier molecular flexibility index (Phi) is 2.70. The molecule has 15 heavy (non-hydrogen) atoms. The van der Waals surface area contributed by atoms with Gasteiger partial charge >= 0.3 is 0 Å². The van der Waals surface area contributed by atoms with Gasteiger partial charge in [0, 0.05) is 5.56 Å². The first-order valence-electron chi connectivity index (χ1n) is 4.93. The number of aliphatic hydroxyl groups excluding tert-OH is 1. The number of hydroxylamine groups is 1. The van der Waals surface area contributed by atoms with Gasteiger partial charge < -0.3 is 5.11 Å². The predicted molar refractivity (Wildman–Crippen MR) is 55.1 cm³/mol. The van der Waals surface area contributed by atoms with Crippen molar-refractivity contribution in [1.29, 1.82) is 0 Å². The monoisotopic (exact) mass is 207 g/mol. The zero-order valence-electron chi connectivity index (χ0n) is 8.51. The summed E-state index contributed by atoms with van der Waals surface area (Å²) in [5, 5.41) is 10.8. The highest BCUT2D eigenvalue weighted by atomic mass is 16.7. The fourth-order valence-electron chi connectivity index (χ4n) is 1.63. The zero-order chi connectivity index (χ0) is 10.8. The second-order valence-electron chi connectivity index (χ2n) is 3.51. The number of carbonyl (C=O) groups is 1. The lowest BCUT2D eigenvalue weighted by molar-refractivity contribution is -0.119. The van der Waals surface area contributed by atoms with Crippen molar-refractivity contribution in [1.82, 2.24) is 0 Å². The molecular weight excluding hydrogens is 194 g/mol. The van der Waals surface area contributed by atoms with Gasteiger partial charge in [0.1, 0.15) is 0 Å². The molecule has 2 rings (SSSR count). The molecule has 1 N–H and O–H groups in total. The van der Waals surface area contributed by atoms with Crippen LogP contribution in [0.5, 0.6) is 0 Å². The van der Waals surface area contributed by atoms with Crippen molar-refractivity contribution in [2.75, 3.05) is 11.7 Å². The summed E-state index contributed by atoms with van der Waals surface area (Å²) in [5.74, 6) is -0.0666. The van der Waals surface area contributed by atoms with Crippen LogP contribution in [0.15, 0.2) is 24.3 Å².